The molecular formula is C14H16N2O3. The standard InChI is InChI=1S/C14H16N2O3/c17-14(18)10-1-2-13-12(7-10)11(8-15-13)9-16-3-5-19-6-4-16/h1-2,7-8,15H,3-6,9H2,(H,17,18). The van der Waals surface area contributed by atoms with Crippen molar-refractivity contribution < 1.29 is 14.6 Å². The van der Waals surface area contributed by atoms with Gasteiger partial charge < -0.3 is 14.8 Å². The Morgan fingerprint density at radius 3 is 2.89 bits per heavy atom. The number of aromatic nitrogens is 1. The molecule has 0 atom stereocenters. The number of carboxylic acid groups (broad SMARTS) is 1. The molecule has 1 fully saturated rings. The highest BCUT2D eigenvalue weighted by Crippen LogP contribution is 2.21. The van der Waals surface area contributed by atoms with E-state index < -0.39 is 5.97 Å². The smallest absolute Gasteiger partial charge is 0.335 e. The third kappa shape index (κ3) is 2.47. The van der Waals surface area contributed by atoms with Crippen LogP contribution < -0.4 is 0 Å². The zero-order chi connectivity index (χ0) is 13.2. The van der Waals surface area contributed by atoms with Gasteiger partial charge in [-0.3, -0.25) is 4.90 Å². The van der Waals surface area contributed by atoms with E-state index in [2.05, 4.69) is 9.88 Å². The van der Waals surface area contributed by atoms with Crippen LogP contribution in [0.5, 0.6) is 0 Å². The molecule has 0 radical (unpaired) electrons. The van der Waals surface area contributed by atoms with Gasteiger partial charge in [0.05, 0.1) is 18.8 Å². The number of nitrogens with one attached hydrogen (secondary N) is 1. The van der Waals surface area contributed by atoms with E-state index in [1.165, 1.54) is 0 Å². The molecule has 1 aromatic heterocycles. The van der Waals surface area contributed by atoms with Crippen molar-refractivity contribution in [3.63, 3.8) is 0 Å². The van der Waals surface area contributed by atoms with Crippen molar-refractivity contribution in [3.8, 4) is 0 Å². The van der Waals surface area contributed by atoms with Crippen molar-refractivity contribution in [2.45, 2.75) is 6.54 Å². The number of carboxylic acids is 1. The van der Waals surface area contributed by atoms with Crippen molar-refractivity contribution in [1.82, 2.24) is 9.88 Å². The quantitative estimate of drug-likeness (QED) is 0.881. The second-order valence-corrected chi connectivity index (χ2v) is 4.77. The summed E-state index contributed by atoms with van der Waals surface area (Å²) in [6.07, 6.45) is 1.96. The van der Waals surface area contributed by atoms with E-state index in [9.17, 15) is 4.79 Å². The first kappa shape index (κ1) is 12.2. The minimum Gasteiger partial charge on any atom is -0.478 e. The normalized spacial score (nSPS) is 16.8. The predicted octanol–water partition coefficient (Wildman–Crippen LogP) is 1.70. The van der Waals surface area contributed by atoms with Crippen molar-refractivity contribution >= 4 is 16.9 Å². The highest BCUT2D eigenvalue weighted by molar-refractivity contribution is 5.94. The second-order valence-electron chi connectivity index (χ2n) is 4.77. The van der Waals surface area contributed by atoms with Crippen LogP contribution in [0.3, 0.4) is 0 Å². The summed E-state index contributed by atoms with van der Waals surface area (Å²) < 4.78 is 5.33. The molecule has 1 saturated heterocycles. The van der Waals surface area contributed by atoms with Crippen LogP contribution in [0.15, 0.2) is 24.4 Å². The van der Waals surface area contributed by atoms with Crippen LogP contribution in [0.2, 0.25) is 0 Å². The molecule has 5 nitrogen and oxygen atoms in total. The molecule has 0 unspecified atom stereocenters. The van der Waals surface area contributed by atoms with E-state index in [0.717, 1.165) is 49.3 Å². The molecule has 19 heavy (non-hydrogen) atoms. The SMILES string of the molecule is O=C(O)c1ccc2[nH]cc(CN3CCOCC3)c2c1. The van der Waals surface area contributed by atoms with Gasteiger partial charge in [0.1, 0.15) is 0 Å². The number of morpholine rings is 1. The van der Waals surface area contributed by atoms with Crippen molar-refractivity contribution in [2.75, 3.05) is 26.3 Å². The van der Waals surface area contributed by atoms with Gasteiger partial charge in [-0.2, -0.15) is 0 Å². The molecule has 100 valence electrons. The Hall–Kier alpha value is -1.85. The highest BCUT2D eigenvalue weighted by Gasteiger charge is 2.14. The highest BCUT2D eigenvalue weighted by atomic mass is 16.5. The third-order valence-corrected chi connectivity index (χ3v) is 3.51. The topological polar surface area (TPSA) is 65.6 Å². The molecule has 0 amide bonds. The van der Waals surface area contributed by atoms with Crippen LogP contribution in [0, 0.1) is 0 Å². The molecule has 2 N–H and O–H groups in total. The summed E-state index contributed by atoms with van der Waals surface area (Å²) in [5.74, 6) is -0.888. The first-order valence-corrected chi connectivity index (χ1v) is 6.37. The lowest BCUT2D eigenvalue weighted by atomic mass is 10.1. The van der Waals surface area contributed by atoms with E-state index >= 15 is 0 Å². The van der Waals surface area contributed by atoms with Gasteiger partial charge in [-0.25, -0.2) is 4.79 Å². The summed E-state index contributed by atoms with van der Waals surface area (Å²) in [6.45, 7) is 4.20. The fraction of sp³-hybridized carbons (Fsp3) is 0.357. The number of H-pyrrole nitrogens is 1. The molecule has 1 aromatic carbocycles. The van der Waals surface area contributed by atoms with Gasteiger partial charge in [0.15, 0.2) is 0 Å². The average molecular weight is 260 g/mol. The van der Waals surface area contributed by atoms with Crippen molar-refractivity contribution in [2.24, 2.45) is 0 Å². The van der Waals surface area contributed by atoms with Gasteiger partial charge >= 0.3 is 5.97 Å². The Morgan fingerprint density at radius 2 is 2.16 bits per heavy atom. The van der Waals surface area contributed by atoms with Crippen LogP contribution in [-0.4, -0.2) is 47.3 Å². The maximum absolute atomic E-state index is 11.0. The van der Waals surface area contributed by atoms with E-state index in [4.69, 9.17) is 9.84 Å². The summed E-state index contributed by atoms with van der Waals surface area (Å²) in [6, 6.07) is 5.19. The lowest BCUT2D eigenvalue weighted by molar-refractivity contribution is 0.0343. The molecule has 5 heteroatoms. The molecule has 0 spiro atoms. The summed E-state index contributed by atoms with van der Waals surface area (Å²) in [5.41, 5.74) is 2.45. The maximum atomic E-state index is 11.0. The lowest BCUT2D eigenvalue weighted by Crippen LogP contribution is -2.35. The van der Waals surface area contributed by atoms with Gasteiger partial charge in [-0.1, -0.05) is 0 Å². The summed E-state index contributed by atoms with van der Waals surface area (Å²) in [7, 11) is 0. The number of carbonyl (C=O) groups is 1. The molecule has 0 saturated carbocycles. The fourth-order valence-electron chi connectivity index (χ4n) is 2.44. The summed E-state index contributed by atoms with van der Waals surface area (Å²) in [5, 5.41) is 10.0. The van der Waals surface area contributed by atoms with E-state index in [1.54, 1.807) is 12.1 Å². The van der Waals surface area contributed by atoms with Crippen LogP contribution in [0.1, 0.15) is 15.9 Å². The van der Waals surface area contributed by atoms with Gasteiger partial charge in [-0.05, 0) is 23.8 Å². The summed E-state index contributed by atoms with van der Waals surface area (Å²) in [4.78, 5) is 16.5. The Balaban J connectivity index is 1.89. The number of benzene rings is 1. The second kappa shape index (κ2) is 5.03. The largest absolute Gasteiger partial charge is 0.478 e. The molecule has 2 heterocycles. The first-order chi connectivity index (χ1) is 9.24. The van der Waals surface area contributed by atoms with Crippen LogP contribution in [0.25, 0.3) is 10.9 Å². The minimum atomic E-state index is -0.888. The number of hydrogen-bond acceptors (Lipinski definition) is 3. The monoisotopic (exact) mass is 260 g/mol. The number of nitrogens with zero attached hydrogens (tertiary/aromatic N) is 1. The Bertz CT molecular complexity index is 600. The molecule has 3 rings (SSSR count). The van der Waals surface area contributed by atoms with Gasteiger partial charge in [-0.15, -0.1) is 0 Å². The first-order valence-electron chi connectivity index (χ1n) is 6.37. The van der Waals surface area contributed by atoms with Gasteiger partial charge in [0.25, 0.3) is 0 Å². The lowest BCUT2D eigenvalue weighted by Gasteiger charge is -2.26. The molecule has 0 aliphatic carbocycles. The minimum absolute atomic E-state index is 0.329. The predicted molar refractivity (Wildman–Crippen MR) is 71.4 cm³/mol. The fourth-order valence-corrected chi connectivity index (χ4v) is 2.44. The van der Waals surface area contributed by atoms with E-state index in [-0.39, 0.29) is 0 Å². The molecule has 1 aliphatic rings. The molecule has 1 aliphatic heterocycles. The van der Waals surface area contributed by atoms with Crippen LogP contribution in [0.4, 0.5) is 0 Å². The average Bonchev–Trinajstić information content (AvgIpc) is 2.82. The number of aromatic carboxylic acids is 1. The number of hydrogen-bond donors (Lipinski definition) is 2. The van der Waals surface area contributed by atoms with Crippen molar-refractivity contribution in [1.29, 1.82) is 0 Å². The Morgan fingerprint density at radius 1 is 1.37 bits per heavy atom. The Kier molecular flexibility index (Phi) is 3.23. The zero-order valence-corrected chi connectivity index (χ0v) is 10.6. The molecule has 2 aromatic rings. The van der Waals surface area contributed by atoms with Gasteiger partial charge in [0.2, 0.25) is 0 Å². The van der Waals surface area contributed by atoms with Crippen LogP contribution >= 0.6 is 0 Å². The maximum Gasteiger partial charge on any atom is 0.335 e. The van der Waals surface area contributed by atoms with Gasteiger partial charge in [0, 0.05) is 36.7 Å². The Labute approximate surface area is 110 Å². The zero-order valence-electron chi connectivity index (χ0n) is 10.6. The molecule has 0 bridgehead atoms. The number of rotatable bonds is 3. The van der Waals surface area contributed by atoms with Crippen LogP contribution in [-0.2, 0) is 11.3 Å². The van der Waals surface area contributed by atoms with E-state index in [1.807, 2.05) is 12.3 Å². The summed E-state index contributed by atoms with van der Waals surface area (Å²) >= 11 is 0. The van der Waals surface area contributed by atoms with Crippen molar-refractivity contribution in [3.05, 3.63) is 35.5 Å². The third-order valence-electron chi connectivity index (χ3n) is 3.51. The number of aromatic amines is 1. The molecular weight excluding hydrogens is 244 g/mol. The number of ether oxygens (including phenoxy) is 1. The number of fused-ring (bicyclic) bond motifs is 1. The van der Waals surface area contributed by atoms with E-state index in [0.29, 0.717) is 5.56 Å².